The van der Waals surface area contributed by atoms with Crippen LogP contribution in [-0.4, -0.2) is 23.3 Å². The molecule has 1 heterocycles. The topological polar surface area (TPSA) is 67.2 Å². The second-order valence-corrected chi connectivity index (χ2v) is 15.8. The van der Waals surface area contributed by atoms with E-state index < -0.39 is 16.4 Å². The number of rotatable bonds is 1. The van der Waals surface area contributed by atoms with Gasteiger partial charge >= 0.3 is 0 Å². The van der Waals surface area contributed by atoms with Gasteiger partial charge in [-0.2, -0.15) is 5.26 Å². The summed E-state index contributed by atoms with van der Waals surface area (Å²) in [5.41, 5.74) is -0.309. The first-order valence-electron chi connectivity index (χ1n) is 14.7. The largest absolute Gasteiger partial charge is 0.362 e. The second kappa shape index (κ2) is 7.26. The molecule has 1 saturated heterocycles. The highest BCUT2D eigenvalue weighted by Crippen LogP contribution is 2.75. The summed E-state index contributed by atoms with van der Waals surface area (Å²) in [6.45, 7) is 17.9. The lowest BCUT2D eigenvalue weighted by Crippen LogP contribution is -2.66. The lowest BCUT2D eigenvalue weighted by atomic mass is 9.37. The summed E-state index contributed by atoms with van der Waals surface area (Å²) in [7, 11) is 0. The van der Waals surface area contributed by atoms with E-state index in [1.165, 1.54) is 6.42 Å². The molecule has 5 aliphatic carbocycles. The third kappa shape index (κ3) is 2.83. The van der Waals surface area contributed by atoms with Crippen LogP contribution in [0.1, 0.15) is 100 Å². The monoisotopic (exact) mass is 503 g/mol. The van der Waals surface area contributed by atoms with Crippen LogP contribution in [0.4, 0.5) is 0 Å². The molecule has 4 nitrogen and oxygen atoms in total. The Hall–Kier alpha value is -1.73. The van der Waals surface area contributed by atoms with Crippen LogP contribution in [0.25, 0.3) is 0 Å². The molecule has 0 aromatic heterocycles. The first-order valence-corrected chi connectivity index (χ1v) is 14.7. The Bertz CT molecular complexity index is 1200. The van der Waals surface area contributed by atoms with Gasteiger partial charge in [-0.1, -0.05) is 67.0 Å². The molecular weight excluding hydrogens is 458 g/mol. The number of hydrogen-bond donors (Lipinski definition) is 0. The third-order valence-corrected chi connectivity index (χ3v) is 12.7. The molecule has 0 amide bonds. The highest BCUT2D eigenvalue weighted by molar-refractivity contribution is 6.05. The van der Waals surface area contributed by atoms with E-state index in [1.807, 2.05) is 26.0 Å². The predicted molar refractivity (Wildman–Crippen MR) is 143 cm³/mol. The molecule has 0 aromatic carbocycles. The van der Waals surface area contributed by atoms with Gasteiger partial charge in [-0.25, -0.2) is 0 Å². The van der Waals surface area contributed by atoms with Gasteiger partial charge in [0.2, 0.25) is 0 Å². The van der Waals surface area contributed by atoms with Gasteiger partial charge in [-0.15, -0.1) is 0 Å². The molecule has 2 bridgehead atoms. The fourth-order valence-electron chi connectivity index (χ4n) is 11.2. The van der Waals surface area contributed by atoms with E-state index in [0.717, 1.165) is 44.1 Å². The second-order valence-electron chi connectivity index (χ2n) is 15.8. The summed E-state index contributed by atoms with van der Waals surface area (Å²) in [4.78, 5) is 27.9. The Kier molecular flexibility index (Phi) is 5.01. The van der Waals surface area contributed by atoms with Crippen molar-refractivity contribution in [1.29, 1.82) is 5.26 Å². The maximum atomic E-state index is 14.7. The van der Waals surface area contributed by atoms with Crippen molar-refractivity contribution in [2.24, 2.45) is 50.7 Å². The number of nitrogens with zero attached hydrogens (tertiary/aromatic N) is 1. The van der Waals surface area contributed by atoms with Gasteiger partial charge in [0.1, 0.15) is 11.7 Å². The molecule has 3 saturated carbocycles. The van der Waals surface area contributed by atoms with Crippen LogP contribution >= 0.6 is 0 Å². The fraction of sp³-hybridized carbons (Fsp3) is 0.788. The quantitative estimate of drug-likeness (QED) is 0.387. The van der Waals surface area contributed by atoms with Gasteiger partial charge in [-0.05, 0) is 73.7 Å². The van der Waals surface area contributed by atoms with Crippen molar-refractivity contribution in [3.8, 4) is 6.07 Å². The lowest BCUT2D eigenvalue weighted by molar-refractivity contribution is -0.177. The van der Waals surface area contributed by atoms with Crippen molar-refractivity contribution >= 4 is 11.6 Å². The average Bonchev–Trinajstić information content (AvgIpc) is 2.98. The van der Waals surface area contributed by atoms with Gasteiger partial charge in [0.25, 0.3) is 0 Å². The van der Waals surface area contributed by atoms with Gasteiger partial charge in [0.05, 0.1) is 11.7 Å². The number of hydrogen-bond acceptors (Lipinski definition) is 4. The Morgan fingerprint density at radius 2 is 1.62 bits per heavy atom. The molecule has 1 aliphatic heterocycles. The molecule has 4 heteroatoms. The number of ether oxygens (including phenoxy) is 1. The van der Waals surface area contributed by atoms with Crippen LogP contribution in [0.5, 0.6) is 0 Å². The predicted octanol–water partition coefficient (Wildman–Crippen LogP) is 6.99. The Labute approximate surface area is 223 Å². The third-order valence-electron chi connectivity index (χ3n) is 12.7. The van der Waals surface area contributed by atoms with Gasteiger partial charge in [0.15, 0.2) is 11.6 Å². The van der Waals surface area contributed by atoms with Gasteiger partial charge < -0.3 is 4.74 Å². The number of ketones is 2. The summed E-state index contributed by atoms with van der Waals surface area (Å²) in [6, 6.07) is 2.21. The number of nitriles is 1. The van der Waals surface area contributed by atoms with Crippen molar-refractivity contribution in [3.63, 3.8) is 0 Å². The fourth-order valence-corrected chi connectivity index (χ4v) is 11.2. The lowest BCUT2D eigenvalue weighted by Gasteiger charge is -2.65. The van der Waals surface area contributed by atoms with Crippen LogP contribution in [0.2, 0.25) is 0 Å². The van der Waals surface area contributed by atoms with Crippen molar-refractivity contribution in [2.75, 3.05) is 0 Å². The van der Waals surface area contributed by atoms with Gasteiger partial charge in [0, 0.05) is 28.1 Å². The molecule has 37 heavy (non-hydrogen) atoms. The van der Waals surface area contributed by atoms with E-state index in [2.05, 4.69) is 47.6 Å². The molecule has 0 radical (unpaired) electrons. The van der Waals surface area contributed by atoms with Gasteiger partial charge in [-0.3, -0.25) is 9.59 Å². The molecule has 8 atom stereocenters. The summed E-state index contributed by atoms with van der Waals surface area (Å²) in [5.74, 6) is 0.981. The zero-order chi connectivity index (χ0) is 27.0. The van der Waals surface area contributed by atoms with Crippen LogP contribution in [-0.2, 0) is 14.3 Å². The van der Waals surface area contributed by atoms with Crippen LogP contribution in [0, 0.1) is 62.1 Å². The summed E-state index contributed by atoms with van der Waals surface area (Å²) in [6.07, 6.45) is 11.5. The van der Waals surface area contributed by atoms with Crippen molar-refractivity contribution in [3.05, 3.63) is 23.3 Å². The normalized spacial score (nSPS) is 49.2. The van der Waals surface area contributed by atoms with E-state index in [0.29, 0.717) is 5.92 Å². The van der Waals surface area contributed by atoms with E-state index in [1.54, 1.807) is 0 Å². The smallest absolute Gasteiger partial charge is 0.188 e. The van der Waals surface area contributed by atoms with E-state index in [-0.39, 0.29) is 57.2 Å². The molecule has 0 N–H and O–H groups in total. The van der Waals surface area contributed by atoms with Crippen molar-refractivity contribution in [1.82, 2.24) is 0 Å². The number of carbonyl (C=O) groups is 2. The number of carbonyl (C=O) groups excluding carboxylic acids is 2. The molecule has 6 rings (SSSR count). The maximum Gasteiger partial charge on any atom is 0.188 e. The first kappa shape index (κ1) is 25.5. The van der Waals surface area contributed by atoms with Crippen molar-refractivity contribution < 1.29 is 14.3 Å². The molecule has 0 aromatic rings. The Morgan fingerprint density at radius 3 is 2.27 bits per heavy atom. The molecule has 200 valence electrons. The summed E-state index contributed by atoms with van der Waals surface area (Å²) < 4.78 is 7.25. The van der Waals surface area contributed by atoms with Crippen LogP contribution in [0.15, 0.2) is 23.3 Å². The zero-order valence-corrected chi connectivity index (χ0v) is 24.2. The summed E-state index contributed by atoms with van der Waals surface area (Å²) in [5, 5.41) is 9.90. The molecule has 8 unspecified atom stereocenters. The highest BCUT2D eigenvalue weighted by atomic mass is 16.5. The van der Waals surface area contributed by atoms with Crippen molar-refractivity contribution in [2.45, 2.75) is 112 Å². The minimum Gasteiger partial charge on any atom is -0.362 e. The maximum absolute atomic E-state index is 14.7. The highest BCUT2D eigenvalue weighted by Gasteiger charge is 2.77. The molecule has 6 aliphatic rings. The van der Waals surface area contributed by atoms with Crippen LogP contribution in [0.3, 0.4) is 0 Å². The number of allylic oxidation sites excluding steroid dienone is 3. The number of fused-ring (bicyclic) bond motifs is 4. The molecule has 4 fully saturated rings. The zero-order valence-electron chi connectivity index (χ0n) is 24.2. The Balaban J connectivity index is 1.56. The van der Waals surface area contributed by atoms with E-state index in [4.69, 9.17) is 4.74 Å². The minimum absolute atomic E-state index is 0.0499. The van der Waals surface area contributed by atoms with E-state index >= 15 is 0 Å². The first-order chi connectivity index (χ1) is 17.1. The van der Waals surface area contributed by atoms with Crippen LogP contribution < -0.4 is 0 Å². The average molecular weight is 504 g/mol. The minimum atomic E-state index is -0.742. The Morgan fingerprint density at radius 1 is 0.946 bits per heavy atom. The SMILES string of the molecule is CC(C)C1OC23C(=O)C=C4C5(C)C=C(C#N)C(=O)C(C)(C)C5CCC4(C)C2CCC12CCC(C)(C)CC23. The molecular formula is C33H45NO3. The molecule has 1 spiro atoms. The van der Waals surface area contributed by atoms with E-state index in [9.17, 15) is 14.9 Å². The standard InChI is InChI=1S/C33H45NO3/c1-19(2)27-32-12-10-22-30(7)11-9-21-29(5,6)26(36)20(18-34)16-31(21,8)23(30)15-25(35)33(22,37-27)24(32)17-28(3,4)13-14-32/h15-16,19,21-22,24,27H,9-14,17H2,1-8H3. The number of Topliss-reactive ketones (excluding diaryl/α,β-unsaturated/α-hetero) is 1. The summed E-state index contributed by atoms with van der Waals surface area (Å²) >= 11 is 0.